The Bertz CT molecular complexity index is 672. The van der Waals surface area contributed by atoms with Crippen molar-refractivity contribution in [3.63, 3.8) is 0 Å². The van der Waals surface area contributed by atoms with Crippen molar-refractivity contribution in [3.05, 3.63) is 53.1 Å². The number of rotatable bonds is 1. The summed E-state index contributed by atoms with van der Waals surface area (Å²) >= 11 is 0. The number of benzene rings is 2. The molecule has 2 aromatic rings. The molecule has 0 radical (unpaired) electrons. The van der Waals surface area contributed by atoms with Gasteiger partial charge in [0.1, 0.15) is 23.9 Å². The molecule has 0 saturated carbocycles. The molecule has 0 unspecified atom stereocenters. The van der Waals surface area contributed by atoms with Gasteiger partial charge in [0.25, 0.3) is 0 Å². The molecule has 19 heavy (non-hydrogen) atoms. The maximum absolute atomic E-state index is 9.87. The van der Waals surface area contributed by atoms with Crippen LogP contribution in [0.25, 0.3) is 11.6 Å². The van der Waals surface area contributed by atoms with E-state index < -0.39 is 0 Å². The monoisotopic (exact) mass is 254 g/mol. The van der Waals surface area contributed by atoms with Gasteiger partial charge < -0.3 is 14.9 Å². The molecule has 0 fully saturated rings. The van der Waals surface area contributed by atoms with E-state index in [-0.39, 0.29) is 11.5 Å². The first-order valence-corrected chi connectivity index (χ1v) is 6.10. The van der Waals surface area contributed by atoms with Crippen molar-refractivity contribution in [2.75, 3.05) is 6.61 Å². The lowest BCUT2D eigenvalue weighted by molar-refractivity contribution is 0.356. The van der Waals surface area contributed by atoms with Crippen LogP contribution in [0.5, 0.6) is 17.2 Å². The molecule has 2 N–H and O–H groups in total. The maximum atomic E-state index is 9.87. The van der Waals surface area contributed by atoms with E-state index in [0.29, 0.717) is 17.9 Å². The minimum Gasteiger partial charge on any atom is -0.508 e. The van der Waals surface area contributed by atoms with Gasteiger partial charge in [0, 0.05) is 12.1 Å². The van der Waals surface area contributed by atoms with Crippen LogP contribution in [0.15, 0.2) is 36.4 Å². The minimum atomic E-state index is 0.00338. The van der Waals surface area contributed by atoms with Crippen molar-refractivity contribution >= 4 is 11.6 Å². The quantitative estimate of drug-likeness (QED) is 0.820. The zero-order chi connectivity index (χ0) is 13.4. The van der Waals surface area contributed by atoms with Crippen LogP contribution in [0.4, 0.5) is 0 Å². The van der Waals surface area contributed by atoms with Gasteiger partial charge in [-0.3, -0.25) is 0 Å². The van der Waals surface area contributed by atoms with Crippen molar-refractivity contribution in [1.82, 2.24) is 0 Å². The Hall–Kier alpha value is -2.42. The zero-order valence-corrected chi connectivity index (χ0v) is 10.6. The maximum Gasteiger partial charge on any atom is 0.134 e. The average molecular weight is 254 g/mol. The number of fused-ring (bicyclic) bond motifs is 1. The summed E-state index contributed by atoms with van der Waals surface area (Å²) in [4.78, 5) is 0. The SMILES string of the molecule is Cc1cccc(C2=Cc3c(O)cc(O)cc3OC2)c1. The minimum absolute atomic E-state index is 0.00338. The van der Waals surface area contributed by atoms with E-state index in [9.17, 15) is 10.2 Å². The molecule has 0 amide bonds. The molecule has 0 saturated heterocycles. The number of phenolic OH excluding ortho intramolecular Hbond substituents is 2. The van der Waals surface area contributed by atoms with E-state index >= 15 is 0 Å². The van der Waals surface area contributed by atoms with Crippen molar-refractivity contribution in [2.24, 2.45) is 0 Å². The fourth-order valence-corrected chi connectivity index (χ4v) is 2.25. The highest BCUT2D eigenvalue weighted by molar-refractivity contribution is 5.87. The Morgan fingerprint density at radius 3 is 2.74 bits per heavy atom. The highest BCUT2D eigenvalue weighted by Crippen LogP contribution is 2.39. The third-order valence-electron chi connectivity index (χ3n) is 3.20. The largest absolute Gasteiger partial charge is 0.508 e. The Morgan fingerprint density at radius 1 is 1.11 bits per heavy atom. The van der Waals surface area contributed by atoms with Crippen molar-refractivity contribution < 1.29 is 14.9 Å². The van der Waals surface area contributed by atoms with Gasteiger partial charge in [-0.1, -0.05) is 29.8 Å². The van der Waals surface area contributed by atoms with Gasteiger partial charge in [-0.2, -0.15) is 0 Å². The molecule has 1 heterocycles. The van der Waals surface area contributed by atoms with E-state index in [1.165, 1.54) is 17.7 Å². The lowest BCUT2D eigenvalue weighted by Crippen LogP contribution is -2.06. The van der Waals surface area contributed by atoms with Crippen LogP contribution >= 0.6 is 0 Å². The fraction of sp³-hybridized carbons (Fsp3) is 0.125. The Balaban J connectivity index is 2.09. The number of hydrogen-bond acceptors (Lipinski definition) is 3. The molecular weight excluding hydrogens is 240 g/mol. The third-order valence-corrected chi connectivity index (χ3v) is 3.20. The van der Waals surface area contributed by atoms with E-state index in [1.807, 2.05) is 31.2 Å². The Labute approximate surface area is 111 Å². The summed E-state index contributed by atoms with van der Waals surface area (Å²) in [6, 6.07) is 11.0. The second kappa shape index (κ2) is 4.35. The van der Waals surface area contributed by atoms with Gasteiger partial charge in [-0.15, -0.1) is 0 Å². The number of ether oxygens (including phenoxy) is 1. The van der Waals surface area contributed by atoms with E-state index in [1.54, 1.807) is 0 Å². The lowest BCUT2D eigenvalue weighted by atomic mass is 9.99. The highest BCUT2D eigenvalue weighted by atomic mass is 16.5. The van der Waals surface area contributed by atoms with Gasteiger partial charge in [-0.25, -0.2) is 0 Å². The number of aryl methyl sites for hydroxylation is 1. The zero-order valence-electron chi connectivity index (χ0n) is 10.6. The number of phenols is 2. The van der Waals surface area contributed by atoms with Crippen LogP contribution in [-0.4, -0.2) is 16.8 Å². The summed E-state index contributed by atoms with van der Waals surface area (Å²) < 4.78 is 5.60. The van der Waals surface area contributed by atoms with Gasteiger partial charge in [0.05, 0.1) is 5.56 Å². The summed E-state index contributed by atoms with van der Waals surface area (Å²) in [6.45, 7) is 2.47. The second-order valence-electron chi connectivity index (χ2n) is 4.70. The predicted molar refractivity (Wildman–Crippen MR) is 74.3 cm³/mol. The van der Waals surface area contributed by atoms with Crippen LogP contribution in [0.3, 0.4) is 0 Å². The van der Waals surface area contributed by atoms with Crippen LogP contribution in [0, 0.1) is 6.92 Å². The molecule has 3 heteroatoms. The topological polar surface area (TPSA) is 49.7 Å². The summed E-state index contributed by atoms with van der Waals surface area (Å²) in [5, 5.41) is 19.3. The van der Waals surface area contributed by atoms with E-state index in [0.717, 1.165) is 11.1 Å². The van der Waals surface area contributed by atoms with Crippen LogP contribution in [0.2, 0.25) is 0 Å². The molecule has 96 valence electrons. The van der Waals surface area contributed by atoms with E-state index in [4.69, 9.17) is 4.74 Å². The van der Waals surface area contributed by atoms with Crippen molar-refractivity contribution in [1.29, 1.82) is 0 Å². The van der Waals surface area contributed by atoms with Gasteiger partial charge in [0.15, 0.2) is 0 Å². The first kappa shape index (κ1) is 11.7. The highest BCUT2D eigenvalue weighted by Gasteiger charge is 2.17. The molecule has 0 aliphatic carbocycles. The molecule has 1 aliphatic heterocycles. The summed E-state index contributed by atoms with van der Waals surface area (Å²) in [6.07, 6.45) is 1.91. The molecule has 3 rings (SSSR count). The number of aromatic hydroxyl groups is 2. The smallest absolute Gasteiger partial charge is 0.134 e. The van der Waals surface area contributed by atoms with Gasteiger partial charge >= 0.3 is 0 Å². The Kier molecular flexibility index (Phi) is 2.67. The lowest BCUT2D eigenvalue weighted by Gasteiger charge is -2.19. The molecule has 0 spiro atoms. The molecule has 2 aromatic carbocycles. The first-order chi connectivity index (χ1) is 9.13. The predicted octanol–water partition coefficient (Wildman–Crippen LogP) is 3.34. The molecule has 3 nitrogen and oxygen atoms in total. The first-order valence-electron chi connectivity index (χ1n) is 6.10. The second-order valence-corrected chi connectivity index (χ2v) is 4.70. The van der Waals surface area contributed by atoms with Crippen LogP contribution in [0.1, 0.15) is 16.7 Å². The molecular formula is C16H14O3. The van der Waals surface area contributed by atoms with Crippen LogP contribution < -0.4 is 4.74 Å². The summed E-state index contributed by atoms with van der Waals surface area (Å²) in [7, 11) is 0. The Morgan fingerprint density at radius 2 is 1.95 bits per heavy atom. The molecule has 0 atom stereocenters. The van der Waals surface area contributed by atoms with Crippen LogP contribution in [-0.2, 0) is 0 Å². The average Bonchev–Trinajstić information content (AvgIpc) is 2.38. The van der Waals surface area contributed by atoms with E-state index in [2.05, 4.69) is 6.07 Å². The normalized spacial score (nSPS) is 13.4. The van der Waals surface area contributed by atoms with Gasteiger partial charge in [-0.05, 0) is 24.1 Å². The third kappa shape index (κ3) is 2.15. The standard InChI is InChI=1S/C16H14O3/c1-10-3-2-4-11(5-10)12-6-14-15(18)7-13(17)8-16(14)19-9-12/h2-8,17-18H,9H2,1H3. The summed E-state index contributed by atoms with van der Waals surface area (Å²) in [5.41, 5.74) is 3.88. The summed E-state index contributed by atoms with van der Waals surface area (Å²) in [5.74, 6) is 0.539. The molecule has 1 aliphatic rings. The van der Waals surface area contributed by atoms with Crippen molar-refractivity contribution in [2.45, 2.75) is 6.92 Å². The van der Waals surface area contributed by atoms with Crippen molar-refractivity contribution in [3.8, 4) is 17.2 Å². The molecule has 0 aromatic heterocycles. The fourth-order valence-electron chi connectivity index (χ4n) is 2.25. The van der Waals surface area contributed by atoms with Gasteiger partial charge in [0.2, 0.25) is 0 Å². The number of hydrogen-bond donors (Lipinski definition) is 2. The molecule has 0 bridgehead atoms.